The molecule has 2 aromatic carbocycles. The van der Waals surface area contributed by atoms with E-state index in [2.05, 4.69) is 46.5 Å². The van der Waals surface area contributed by atoms with Gasteiger partial charge in [-0.05, 0) is 12.0 Å². The molecule has 0 aliphatic carbocycles. The van der Waals surface area contributed by atoms with E-state index in [0.717, 1.165) is 61.5 Å². The van der Waals surface area contributed by atoms with Crippen molar-refractivity contribution in [3.05, 3.63) is 66.5 Å². The molecule has 4 aromatic heterocycles. The summed E-state index contributed by atoms with van der Waals surface area (Å²) in [6, 6.07) is 20.5. The van der Waals surface area contributed by atoms with Crippen molar-refractivity contribution < 1.29 is 0 Å². The van der Waals surface area contributed by atoms with Crippen LogP contribution in [0.25, 0.3) is 48.6 Å². The summed E-state index contributed by atoms with van der Waals surface area (Å²) in [5.41, 5.74) is 11.5. The molecule has 0 saturated heterocycles. The van der Waals surface area contributed by atoms with Gasteiger partial charge in [-0.25, -0.2) is 9.38 Å². The molecule has 0 fully saturated rings. The van der Waals surface area contributed by atoms with Crippen molar-refractivity contribution >= 4 is 43.4 Å². The van der Waals surface area contributed by atoms with E-state index in [9.17, 15) is 0 Å². The monoisotopic (exact) mass is 549 g/mol. The number of hydrogen-bond donors (Lipinski definition) is 1. The highest BCUT2D eigenvalue weighted by Crippen LogP contribution is 2.43. The topological polar surface area (TPSA) is 94.9 Å². The van der Waals surface area contributed by atoms with Gasteiger partial charge in [-0.1, -0.05) is 119 Å². The zero-order valence-electron chi connectivity index (χ0n) is 23.0. The van der Waals surface area contributed by atoms with Gasteiger partial charge in [0.2, 0.25) is 0 Å². The Bertz CT molecular complexity index is 1720. The SMILES string of the molecule is CCCCCCCCCCCc1nnc2nc3c(sc4nnc(-c5ccccc5)c(-c5ccccc5)c43)c(N)n12. The maximum Gasteiger partial charge on any atom is 0.257 e. The van der Waals surface area contributed by atoms with Crippen molar-refractivity contribution in [2.24, 2.45) is 0 Å². The van der Waals surface area contributed by atoms with Crippen LogP contribution < -0.4 is 5.73 Å². The lowest BCUT2D eigenvalue weighted by Crippen LogP contribution is -2.03. The smallest absolute Gasteiger partial charge is 0.257 e. The molecule has 2 N–H and O–H groups in total. The zero-order valence-corrected chi connectivity index (χ0v) is 23.8. The van der Waals surface area contributed by atoms with E-state index in [1.165, 1.54) is 62.7 Å². The van der Waals surface area contributed by atoms with Crippen LogP contribution in [-0.2, 0) is 6.42 Å². The molecular formula is C32H35N7S. The number of fused-ring (bicyclic) bond motifs is 4. The summed E-state index contributed by atoms with van der Waals surface area (Å²) >= 11 is 1.53. The van der Waals surface area contributed by atoms with Crippen molar-refractivity contribution in [1.29, 1.82) is 0 Å². The van der Waals surface area contributed by atoms with Crippen LogP contribution in [0.3, 0.4) is 0 Å². The molecule has 0 spiro atoms. The molecular weight excluding hydrogens is 514 g/mol. The maximum atomic E-state index is 6.82. The van der Waals surface area contributed by atoms with Crippen molar-refractivity contribution in [1.82, 2.24) is 29.8 Å². The zero-order chi connectivity index (χ0) is 27.3. The van der Waals surface area contributed by atoms with Gasteiger partial charge in [0.05, 0.1) is 10.2 Å². The number of nitrogen functional groups attached to an aromatic ring is 1. The van der Waals surface area contributed by atoms with Gasteiger partial charge in [0.1, 0.15) is 22.2 Å². The molecule has 0 unspecified atom stereocenters. The Kier molecular flexibility index (Phi) is 7.95. The molecule has 0 radical (unpaired) electrons. The van der Waals surface area contributed by atoms with Crippen molar-refractivity contribution in [2.45, 2.75) is 71.1 Å². The predicted molar refractivity (Wildman–Crippen MR) is 165 cm³/mol. The minimum Gasteiger partial charge on any atom is -0.383 e. The van der Waals surface area contributed by atoms with Gasteiger partial charge in [0.25, 0.3) is 5.78 Å². The third kappa shape index (κ3) is 5.16. The molecule has 6 aromatic rings. The number of aryl methyl sites for hydroxylation is 1. The first kappa shape index (κ1) is 26.3. The van der Waals surface area contributed by atoms with E-state index in [4.69, 9.17) is 15.8 Å². The first-order valence-corrected chi connectivity index (χ1v) is 15.3. The molecule has 40 heavy (non-hydrogen) atoms. The molecule has 0 atom stereocenters. The van der Waals surface area contributed by atoms with Crippen molar-refractivity contribution in [2.75, 3.05) is 5.73 Å². The van der Waals surface area contributed by atoms with E-state index in [1.54, 1.807) is 0 Å². The van der Waals surface area contributed by atoms with Crippen LogP contribution in [0.2, 0.25) is 0 Å². The normalized spacial score (nSPS) is 11.7. The van der Waals surface area contributed by atoms with Crippen LogP contribution in [0.15, 0.2) is 60.7 Å². The lowest BCUT2D eigenvalue weighted by molar-refractivity contribution is 0.561. The summed E-state index contributed by atoms with van der Waals surface area (Å²) in [5, 5.41) is 19.2. The standard InChI is InChI=1S/C32H35N7S/c1-2-3-4-5-6-7-8-9-16-21-24-35-38-32-34-28-26-25(22-17-12-10-13-18-22)27(23-19-14-11-15-20-23)36-37-31(26)40-29(28)30(33)39(24)32/h10-15,17-20H,2-9,16,21,33H2,1H3. The number of thiophene rings is 1. The van der Waals surface area contributed by atoms with Crippen molar-refractivity contribution in [3.8, 4) is 22.4 Å². The molecule has 204 valence electrons. The first-order valence-electron chi connectivity index (χ1n) is 14.5. The fraction of sp³-hybridized carbons (Fsp3) is 0.344. The van der Waals surface area contributed by atoms with Crippen LogP contribution >= 0.6 is 11.3 Å². The number of anilines is 1. The summed E-state index contributed by atoms with van der Waals surface area (Å²) in [7, 11) is 0. The molecule has 4 heterocycles. The molecule has 0 saturated carbocycles. The fourth-order valence-electron chi connectivity index (χ4n) is 5.52. The lowest BCUT2D eigenvalue weighted by atomic mass is 9.97. The molecule has 0 bridgehead atoms. The highest BCUT2D eigenvalue weighted by Gasteiger charge is 2.23. The van der Waals surface area contributed by atoms with Gasteiger partial charge in [-0.15, -0.1) is 31.7 Å². The molecule has 6 rings (SSSR count). The number of nitrogens with two attached hydrogens (primary N) is 1. The largest absolute Gasteiger partial charge is 0.383 e. The highest BCUT2D eigenvalue weighted by molar-refractivity contribution is 7.26. The van der Waals surface area contributed by atoms with E-state index in [1.807, 2.05) is 40.8 Å². The molecule has 7 nitrogen and oxygen atoms in total. The Morgan fingerprint density at radius 3 is 2.08 bits per heavy atom. The Morgan fingerprint density at radius 2 is 1.38 bits per heavy atom. The van der Waals surface area contributed by atoms with E-state index in [0.29, 0.717) is 11.6 Å². The average Bonchev–Trinajstić information content (AvgIpc) is 3.59. The number of aromatic nitrogens is 6. The third-order valence-electron chi connectivity index (χ3n) is 7.60. The predicted octanol–water partition coefficient (Wildman–Crippen LogP) is 8.27. The summed E-state index contributed by atoms with van der Waals surface area (Å²) in [4.78, 5) is 5.83. The van der Waals surface area contributed by atoms with Gasteiger partial charge < -0.3 is 5.73 Å². The van der Waals surface area contributed by atoms with Crippen LogP contribution in [-0.4, -0.2) is 29.8 Å². The Hall–Kier alpha value is -3.91. The number of hydrogen-bond acceptors (Lipinski definition) is 7. The minimum atomic E-state index is 0.535. The van der Waals surface area contributed by atoms with Crippen LogP contribution in [0.1, 0.15) is 70.5 Å². The number of rotatable bonds is 12. The summed E-state index contributed by atoms with van der Waals surface area (Å²) in [6.45, 7) is 2.26. The van der Waals surface area contributed by atoms with E-state index >= 15 is 0 Å². The summed E-state index contributed by atoms with van der Waals surface area (Å²) < 4.78 is 2.82. The summed E-state index contributed by atoms with van der Waals surface area (Å²) in [6.07, 6.45) is 12.4. The number of unbranched alkanes of at least 4 members (excludes halogenated alkanes) is 8. The first-order chi connectivity index (χ1) is 19.8. The van der Waals surface area contributed by atoms with Crippen LogP contribution in [0, 0.1) is 0 Å². The second-order valence-electron chi connectivity index (χ2n) is 10.4. The van der Waals surface area contributed by atoms with Gasteiger partial charge >= 0.3 is 0 Å². The van der Waals surface area contributed by atoms with Crippen LogP contribution in [0.5, 0.6) is 0 Å². The minimum absolute atomic E-state index is 0.535. The Balaban J connectivity index is 1.35. The fourth-order valence-corrected chi connectivity index (χ4v) is 6.53. The Morgan fingerprint density at radius 1 is 0.725 bits per heavy atom. The molecule has 0 aliphatic heterocycles. The van der Waals surface area contributed by atoms with Gasteiger partial charge in [0, 0.05) is 22.9 Å². The van der Waals surface area contributed by atoms with Gasteiger partial charge in [-0.3, -0.25) is 0 Å². The lowest BCUT2D eigenvalue weighted by Gasteiger charge is -2.10. The van der Waals surface area contributed by atoms with E-state index < -0.39 is 0 Å². The van der Waals surface area contributed by atoms with E-state index in [-0.39, 0.29) is 0 Å². The Labute approximate surface area is 238 Å². The van der Waals surface area contributed by atoms with Crippen molar-refractivity contribution in [3.63, 3.8) is 0 Å². The van der Waals surface area contributed by atoms with Crippen LogP contribution in [0.4, 0.5) is 5.82 Å². The molecule has 8 heteroatoms. The quantitative estimate of drug-likeness (QED) is 0.154. The summed E-state index contributed by atoms with van der Waals surface area (Å²) in [5.74, 6) is 2.04. The second kappa shape index (κ2) is 12.1. The highest BCUT2D eigenvalue weighted by atomic mass is 32.1. The molecule has 0 amide bonds. The van der Waals surface area contributed by atoms with Gasteiger partial charge in [0.15, 0.2) is 0 Å². The molecule has 0 aliphatic rings. The van der Waals surface area contributed by atoms with Gasteiger partial charge in [-0.2, -0.15) is 0 Å². The number of nitrogens with zero attached hydrogens (tertiary/aromatic N) is 6. The average molecular weight is 550 g/mol. The number of benzene rings is 2. The third-order valence-corrected chi connectivity index (χ3v) is 8.69. The maximum absolute atomic E-state index is 6.82. The second-order valence-corrected chi connectivity index (χ2v) is 11.4.